The van der Waals surface area contributed by atoms with Crippen LogP contribution < -0.4 is 4.74 Å². The third-order valence-electron chi connectivity index (χ3n) is 2.76. The Morgan fingerprint density at radius 3 is 2.61 bits per heavy atom. The first-order chi connectivity index (χ1) is 8.39. The minimum atomic E-state index is -0.450. The van der Waals surface area contributed by atoms with E-state index in [1.165, 1.54) is 13.2 Å². The second kappa shape index (κ2) is 5.79. The van der Waals surface area contributed by atoms with E-state index < -0.39 is 4.92 Å². The number of hydrogen-bond donors (Lipinski definition) is 1. The van der Waals surface area contributed by atoms with E-state index in [0.29, 0.717) is 17.6 Å². The summed E-state index contributed by atoms with van der Waals surface area (Å²) >= 11 is 0. The minimum absolute atomic E-state index is 0.0287. The molecule has 1 N–H and O–H groups in total. The summed E-state index contributed by atoms with van der Waals surface area (Å²) in [5.41, 5.74) is 0.819. The maximum absolute atomic E-state index is 10.9. The molecule has 0 aliphatic rings. The highest BCUT2D eigenvalue weighted by atomic mass is 16.6. The summed E-state index contributed by atoms with van der Waals surface area (Å²) in [6.45, 7) is 1.30. The van der Waals surface area contributed by atoms with E-state index in [2.05, 4.69) is 0 Å². The predicted octanol–water partition coefficient (Wildman–Crippen LogP) is 1.17. The zero-order valence-corrected chi connectivity index (χ0v) is 10.9. The minimum Gasteiger partial charge on any atom is -0.490 e. The average Bonchev–Trinajstić information content (AvgIpc) is 2.28. The molecule has 0 bridgehead atoms. The van der Waals surface area contributed by atoms with Crippen LogP contribution in [0.5, 0.6) is 5.75 Å². The summed E-state index contributed by atoms with van der Waals surface area (Å²) in [5.74, 6) is 0.260. The summed E-state index contributed by atoms with van der Waals surface area (Å²) in [5, 5.41) is 19.9. The fourth-order valence-electron chi connectivity index (χ4n) is 1.82. The number of quaternary nitrogens is 1. The van der Waals surface area contributed by atoms with Crippen LogP contribution in [-0.4, -0.2) is 48.9 Å². The monoisotopic (exact) mass is 255 g/mol. The molecule has 0 saturated carbocycles. The SMILES string of the molecule is COc1ccc(C[N+](C)(C)CCO)cc1[N+](=O)[O-]. The highest BCUT2D eigenvalue weighted by Gasteiger charge is 2.20. The van der Waals surface area contributed by atoms with Gasteiger partial charge >= 0.3 is 5.69 Å². The molecule has 100 valence electrons. The molecule has 0 aliphatic heterocycles. The first kappa shape index (κ1) is 14.4. The van der Waals surface area contributed by atoms with Crippen LogP contribution in [0.2, 0.25) is 0 Å². The smallest absolute Gasteiger partial charge is 0.311 e. The fraction of sp³-hybridized carbons (Fsp3) is 0.500. The number of ether oxygens (including phenoxy) is 1. The van der Waals surface area contributed by atoms with E-state index in [9.17, 15) is 10.1 Å². The molecule has 0 amide bonds. The topological polar surface area (TPSA) is 72.6 Å². The van der Waals surface area contributed by atoms with Gasteiger partial charge in [0, 0.05) is 11.6 Å². The van der Waals surface area contributed by atoms with Crippen LogP contribution in [0.15, 0.2) is 18.2 Å². The van der Waals surface area contributed by atoms with Crippen molar-refractivity contribution < 1.29 is 19.2 Å². The molecular weight excluding hydrogens is 236 g/mol. The lowest BCUT2D eigenvalue weighted by molar-refractivity contribution is -0.903. The molecule has 0 spiro atoms. The lowest BCUT2D eigenvalue weighted by Gasteiger charge is -2.28. The maximum Gasteiger partial charge on any atom is 0.311 e. The molecule has 1 rings (SSSR count). The number of aliphatic hydroxyl groups excluding tert-OH is 1. The van der Waals surface area contributed by atoms with Gasteiger partial charge in [0.2, 0.25) is 0 Å². The van der Waals surface area contributed by atoms with E-state index in [1.807, 2.05) is 20.2 Å². The van der Waals surface area contributed by atoms with Crippen molar-refractivity contribution in [3.8, 4) is 5.75 Å². The third-order valence-corrected chi connectivity index (χ3v) is 2.76. The summed E-state index contributed by atoms with van der Waals surface area (Å²) in [7, 11) is 5.34. The van der Waals surface area contributed by atoms with Crippen molar-refractivity contribution in [1.29, 1.82) is 0 Å². The van der Waals surface area contributed by atoms with Crippen LogP contribution in [0.25, 0.3) is 0 Å². The Hall–Kier alpha value is -1.66. The van der Waals surface area contributed by atoms with Gasteiger partial charge in [-0.2, -0.15) is 0 Å². The number of benzene rings is 1. The molecule has 1 aromatic carbocycles. The predicted molar refractivity (Wildman–Crippen MR) is 67.4 cm³/mol. The Balaban J connectivity index is 2.98. The van der Waals surface area contributed by atoms with Gasteiger partial charge in [-0.15, -0.1) is 0 Å². The first-order valence-corrected chi connectivity index (χ1v) is 5.64. The Labute approximate surface area is 106 Å². The zero-order valence-electron chi connectivity index (χ0n) is 10.9. The van der Waals surface area contributed by atoms with Gasteiger partial charge in [-0.25, -0.2) is 0 Å². The second-order valence-corrected chi connectivity index (χ2v) is 4.80. The molecule has 0 aliphatic carbocycles. The van der Waals surface area contributed by atoms with E-state index >= 15 is 0 Å². The highest BCUT2D eigenvalue weighted by Crippen LogP contribution is 2.28. The van der Waals surface area contributed by atoms with Crippen molar-refractivity contribution in [2.45, 2.75) is 6.54 Å². The largest absolute Gasteiger partial charge is 0.490 e. The van der Waals surface area contributed by atoms with E-state index in [0.717, 1.165) is 5.56 Å². The Kier molecular flexibility index (Phi) is 4.63. The molecule has 0 radical (unpaired) electrons. The van der Waals surface area contributed by atoms with Gasteiger partial charge in [0.15, 0.2) is 5.75 Å². The van der Waals surface area contributed by atoms with Gasteiger partial charge in [0.25, 0.3) is 0 Å². The summed E-state index contributed by atoms with van der Waals surface area (Å²) in [6, 6.07) is 4.94. The third kappa shape index (κ3) is 3.68. The Morgan fingerprint density at radius 1 is 1.44 bits per heavy atom. The van der Waals surface area contributed by atoms with Gasteiger partial charge in [-0.3, -0.25) is 10.1 Å². The lowest BCUT2D eigenvalue weighted by atomic mass is 10.1. The number of hydrogen-bond acceptors (Lipinski definition) is 4. The highest BCUT2D eigenvalue weighted by molar-refractivity contribution is 5.48. The summed E-state index contributed by atoms with van der Waals surface area (Å²) < 4.78 is 5.52. The van der Waals surface area contributed by atoms with Crippen LogP contribution >= 0.6 is 0 Å². The molecule has 1 aromatic rings. The van der Waals surface area contributed by atoms with E-state index in [-0.39, 0.29) is 18.0 Å². The molecule has 0 heterocycles. The van der Waals surface area contributed by atoms with Crippen molar-refractivity contribution >= 4 is 5.69 Å². The van der Waals surface area contributed by atoms with Crippen molar-refractivity contribution in [2.75, 3.05) is 34.4 Å². The lowest BCUT2D eigenvalue weighted by Crippen LogP contribution is -2.41. The molecule has 6 nitrogen and oxygen atoms in total. The van der Waals surface area contributed by atoms with Crippen molar-refractivity contribution in [3.05, 3.63) is 33.9 Å². The molecule has 0 fully saturated rings. The summed E-state index contributed by atoms with van der Waals surface area (Å²) in [6.07, 6.45) is 0. The Morgan fingerprint density at radius 2 is 2.11 bits per heavy atom. The van der Waals surface area contributed by atoms with Gasteiger partial charge in [-0.1, -0.05) is 0 Å². The number of nitrogens with zero attached hydrogens (tertiary/aromatic N) is 2. The van der Waals surface area contributed by atoms with Crippen LogP contribution in [0.4, 0.5) is 5.69 Å². The second-order valence-electron chi connectivity index (χ2n) is 4.80. The van der Waals surface area contributed by atoms with Crippen molar-refractivity contribution in [2.24, 2.45) is 0 Å². The number of likely N-dealkylation sites (N-methyl/N-ethyl adjacent to an activating group) is 1. The number of aliphatic hydroxyl groups is 1. The van der Waals surface area contributed by atoms with E-state index in [4.69, 9.17) is 9.84 Å². The molecule has 0 unspecified atom stereocenters. The van der Waals surface area contributed by atoms with Gasteiger partial charge in [-0.05, 0) is 12.1 Å². The normalized spacial score (nSPS) is 11.3. The van der Waals surface area contributed by atoms with Gasteiger partial charge in [0.1, 0.15) is 13.1 Å². The van der Waals surface area contributed by atoms with Crippen LogP contribution in [0.1, 0.15) is 5.56 Å². The number of nitro groups is 1. The van der Waals surface area contributed by atoms with Crippen molar-refractivity contribution in [1.82, 2.24) is 0 Å². The first-order valence-electron chi connectivity index (χ1n) is 5.64. The molecule has 0 aromatic heterocycles. The molecule has 0 atom stereocenters. The van der Waals surface area contributed by atoms with Crippen molar-refractivity contribution in [3.63, 3.8) is 0 Å². The summed E-state index contributed by atoms with van der Waals surface area (Å²) in [4.78, 5) is 10.5. The zero-order chi connectivity index (χ0) is 13.8. The molecule has 6 heteroatoms. The van der Waals surface area contributed by atoms with Gasteiger partial charge < -0.3 is 14.3 Å². The van der Waals surface area contributed by atoms with E-state index in [1.54, 1.807) is 6.07 Å². The maximum atomic E-state index is 10.9. The van der Waals surface area contributed by atoms with Gasteiger partial charge in [0.05, 0.1) is 32.7 Å². The molecular formula is C12H19N2O4+. The van der Waals surface area contributed by atoms with Crippen LogP contribution in [-0.2, 0) is 6.54 Å². The molecule has 18 heavy (non-hydrogen) atoms. The Bertz CT molecular complexity index is 432. The number of nitro benzene ring substituents is 1. The quantitative estimate of drug-likeness (QED) is 0.470. The average molecular weight is 255 g/mol. The standard InChI is InChI=1S/C12H19N2O4/c1-14(2,6-7-15)9-10-4-5-12(18-3)11(8-10)13(16)17/h4-5,8,15H,6-7,9H2,1-3H3/q+1. The number of rotatable bonds is 6. The van der Waals surface area contributed by atoms with Crippen LogP contribution in [0.3, 0.4) is 0 Å². The number of methoxy groups -OCH3 is 1. The molecule has 0 saturated heterocycles. The fourth-order valence-corrected chi connectivity index (χ4v) is 1.82. The van der Waals surface area contributed by atoms with Crippen LogP contribution in [0, 0.1) is 10.1 Å².